The number of rotatable bonds is 4. The van der Waals surface area contributed by atoms with Crippen molar-refractivity contribution in [3.8, 4) is 0 Å². The second-order valence-corrected chi connectivity index (χ2v) is 7.16. The van der Waals surface area contributed by atoms with Crippen molar-refractivity contribution < 1.29 is 9.18 Å². The largest absolute Gasteiger partial charge is 0.336 e. The van der Waals surface area contributed by atoms with Gasteiger partial charge in [-0.3, -0.25) is 14.6 Å². The highest BCUT2D eigenvalue weighted by molar-refractivity contribution is 5.94. The van der Waals surface area contributed by atoms with E-state index in [4.69, 9.17) is 0 Å². The van der Waals surface area contributed by atoms with Crippen LogP contribution < -0.4 is 0 Å². The van der Waals surface area contributed by atoms with E-state index in [2.05, 4.69) is 23.6 Å². The monoisotopic (exact) mass is 333 g/mol. The molecule has 2 aliphatic heterocycles. The van der Waals surface area contributed by atoms with Crippen LogP contribution in [0.3, 0.4) is 0 Å². The lowest BCUT2D eigenvalue weighted by atomic mass is 10.1. The Morgan fingerprint density at radius 3 is 2.38 bits per heavy atom. The van der Waals surface area contributed by atoms with Crippen LogP contribution in [-0.4, -0.2) is 72.0 Å². The van der Waals surface area contributed by atoms with Gasteiger partial charge in [-0.15, -0.1) is 0 Å². The molecule has 2 fully saturated rings. The minimum absolute atomic E-state index is 0.0593. The number of carbonyl (C=O) groups excluding carboxylic acids is 1. The van der Waals surface area contributed by atoms with Gasteiger partial charge in [-0.1, -0.05) is 6.07 Å². The molecule has 2 aliphatic rings. The first-order valence-corrected chi connectivity index (χ1v) is 9.07. The van der Waals surface area contributed by atoms with Gasteiger partial charge in [0.1, 0.15) is 5.82 Å². The molecule has 132 valence electrons. The Bertz CT molecular complexity index is 561. The van der Waals surface area contributed by atoms with Gasteiger partial charge in [-0.25, -0.2) is 4.39 Å². The highest BCUT2D eigenvalue weighted by Crippen LogP contribution is 2.23. The fourth-order valence-electron chi connectivity index (χ4n) is 3.92. The molecule has 4 nitrogen and oxygen atoms in total. The molecule has 1 aromatic carbocycles. The Morgan fingerprint density at radius 2 is 1.75 bits per heavy atom. The molecule has 2 unspecified atom stereocenters. The number of amides is 1. The summed E-state index contributed by atoms with van der Waals surface area (Å²) in [5.74, 6) is -0.413. The zero-order chi connectivity index (χ0) is 17.1. The molecule has 0 radical (unpaired) electrons. The first-order chi connectivity index (χ1) is 11.5. The Hall–Kier alpha value is -1.46. The smallest absolute Gasteiger partial charge is 0.254 e. The molecule has 2 heterocycles. The maximum atomic E-state index is 13.3. The van der Waals surface area contributed by atoms with E-state index < -0.39 is 0 Å². The molecule has 3 rings (SSSR count). The molecule has 0 aliphatic carbocycles. The summed E-state index contributed by atoms with van der Waals surface area (Å²) in [5, 5.41) is 0. The van der Waals surface area contributed by atoms with E-state index in [1.807, 2.05) is 4.90 Å². The number of piperazine rings is 1. The van der Waals surface area contributed by atoms with Crippen LogP contribution >= 0.6 is 0 Å². The number of hydrogen-bond donors (Lipinski definition) is 0. The van der Waals surface area contributed by atoms with E-state index in [-0.39, 0.29) is 11.7 Å². The van der Waals surface area contributed by atoms with Gasteiger partial charge in [0.15, 0.2) is 0 Å². The molecule has 2 atom stereocenters. The summed E-state index contributed by atoms with van der Waals surface area (Å²) < 4.78 is 13.3. The minimum atomic E-state index is -0.353. The van der Waals surface area contributed by atoms with E-state index in [1.165, 1.54) is 25.0 Å². The number of carbonyl (C=O) groups is 1. The summed E-state index contributed by atoms with van der Waals surface area (Å²) >= 11 is 0. The van der Waals surface area contributed by atoms with Crippen molar-refractivity contribution >= 4 is 5.91 Å². The second-order valence-electron chi connectivity index (χ2n) is 7.16. The van der Waals surface area contributed by atoms with Crippen molar-refractivity contribution in [3.63, 3.8) is 0 Å². The van der Waals surface area contributed by atoms with Gasteiger partial charge in [0.25, 0.3) is 5.91 Å². The molecule has 0 N–H and O–H groups in total. The third-order valence-corrected chi connectivity index (χ3v) is 5.54. The van der Waals surface area contributed by atoms with Gasteiger partial charge < -0.3 is 4.90 Å². The number of benzene rings is 1. The Kier molecular flexibility index (Phi) is 5.51. The topological polar surface area (TPSA) is 26.8 Å². The molecular weight excluding hydrogens is 305 g/mol. The Labute approximate surface area is 144 Å². The standard InChI is InChI=1S/C19H28FN3O/c1-15-6-7-16(2)23(15)13-10-21-8-11-22(12-9-21)19(24)17-4-3-5-18(20)14-17/h3-5,14-16H,6-13H2,1-2H3. The summed E-state index contributed by atoms with van der Waals surface area (Å²) in [7, 11) is 0. The Morgan fingerprint density at radius 1 is 1.08 bits per heavy atom. The molecule has 0 saturated carbocycles. The molecule has 24 heavy (non-hydrogen) atoms. The number of likely N-dealkylation sites (tertiary alicyclic amines) is 1. The van der Waals surface area contributed by atoms with Gasteiger partial charge in [0.2, 0.25) is 0 Å². The van der Waals surface area contributed by atoms with Crippen LogP contribution in [-0.2, 0) is 0 Å². The highest BCUT2D eigenvalue weighted by Gasteiger charge is 2.28. The summed E-state index contributed by atoms with van der Waals surface area (Å²) in [6, 6.07) is 7.36. The van der Waals surface area contributed by atoms with Crippen LogP contribution in [0.2, 0.25) is 0 Å². The van der Waals surface area contributed by atoms with Crippen LogP contribution in [0.4, 0.5) is 4.39 Å². The van der Waals surface area contributed by atoms with Gasteiger partial charge in [0, 0.05) is 56.9 Å². The molecule has 1 amide bonds. The van der Waals surface area contributed by atoms with Crippen molar-refractivity contribution in [2.45, 2.75) is 38.8 Å². The van der Waals surface area contributed by atoms with E-state index in [9.17, 15) is 9.18 Å². The van der Waals surface area contributed by atoms with Crippen molar-refractivity contribution in [1.29, 1.82) is 0 Å². The first-order valence-electron chi connectivity index (χ1n) is 9.07. The lowest BCUT2D eigenvalue weighted by Crippen LogP contribution is -2.50. The fourth-order valence-corrected chi connectivity index (χ4v) is 3.92. The molecule has 0 bridgehead atoms. The van der Waals surface area contributed by atoms with Crippen LogP contribution in [0, 0.1) is 5.82 Å². The number of nitrogens with zero attached hydrogens (tertiary/aromatic N) is 3. The quantitative estimate of drug-likeness (QED) is 0.847. The van der Waals surface area contributed by atoms with Crippen LogP contribution in [0.5, 0.6) is 0 Å². The normalized spacial score (nSPS) is 26.0. The first kappa shape index (κ1) is 17.4. The second kappa shape index (κ2) is 7.62. The summed E-state index contributed by atoms with van der Waals surface area (Å²) in [5.41, 5.74) is 0.447. The minimum Gasteiger partial charge on any atom is -0.336 e. The summed E-state index contributed by atoms with van der Waals surface area (Å²) in [4.78, 5) is 19.3. The fraction of sp³-hybridized carbons (Fsp3) is 0.632. The van der Waals surface area contributed by atoms with Crippen molar-refractivity contribution in [2.24, 2.45) is 0 Å². The van der Waals surface area contributed by atoms with Crippen molar-refractivity contribution in [2.75, 3.05) is 39.3 Å². The SMILES string of the molecule is CC1CCC(C)N1CCN1CCN(C(=O)c2cccc(F)c2)CC1. The van der Waals surface area contributed by atoms with E-state index in [0.29, 0.717) is 17.6 Å². The summed E-state index contributed by atoms with van der Waals surface area (Å²) in [6.45, 7) is 10.1. The van der Waals surface area contributed by atoms with Crippen LogP contribution in [0.25, 0.3) is 0 Å². The van der Waals surface area contributed by atoms with Gasteiger partial charge in [0.05, 0.1) is 0 Å². The van der Waals surface area contributed by atoms with Crippen molar-refractivity contribution in [1.82, 2.24) is 14.7 Å². The Balaban J connectivity index is 1.46. The molecule has 2 saturated heterocycles. The predicted molar refractivity (Wildman–Crippen MR) is 93.6 cm³/mol. The van der Waals surface area contributed by atoms with Gasteiger partial charge in [-0.2, -0.15) is 0 Å². The zero-order valence-corrected chi connectivity index (χ0v) is 14.7. The maximum absolute atomic E-state index is 13.3. The zero-order valence-electron chi connectivity index (χ0n) is 14.7. The van der Waals surface area contributed by atoms with Crippen molar-refractivity contribution in [3.05, 3.63) is 35.6 Å². The molecule has 5 heteroatoms. The average Bonchev–Trinajstić information content (AvgIpc) is 2.91. The van der Waals surface area contributed by atoms with Crippen LogP contribution in [0.1, 0.15) is 37.0 Å². The van der Waals surface area contributed by atoms with Gasteiger partial charge >= 0.3 is 0 Å². The van der Waals surface area contributed by atoms with Crippen LogP contribution in [0.15, 0.2) is 24.3 Å². The van der Waals surface area contributed by atoms with E-state index >= 15 is 0 Å². The average molecular weight is 333 g/mol. The number of hydrogen-bond acceptors (Lipinski definition) is 3. The van der Waals surface area contributed by atoms with E-state index in [0.717, 1.165) is 39.3 Å². The van der Waals surface area contributed by atoms with E-state index in [1.54, 1.807) is 12.1 Å². The lowest BCUT2D eigenvalue weighted by Gasteiger charge is -2.36. The number of halogens is 1. The molecule has 0 spiro atoms. The third kappa shape index (κ3) is 3.95. The molecule has 1 aromatic rings. The highest BCUT2D eigenvalue weighted by atomic mass is 19.1. The molecular formula is C19H28FN3O. The lowest BCUT2D eigenvalue weighted by molar-refractivity contribution is 0.0614. The molecule has 0 aromatic heterocycles. The maximum Gasteiger partial charge on any atom is 0.254 e. The summed E-state index contributed by atoms with van der Waals surface area (Å²) in [6.07, 6.45) is 2.61. The third-order valence-electron chi connectivity index (χ3n) is 5.54. The van der Waals surface area contributed by atoms with Gasteiger partial charge in [-0.05, 0) is 44.9 Å². The predicted octanol–water partition coefficient (Wildman–Crippen LogP) is 2.46.